The number of rotatable bonds is 5. The van der Waals surface area contributed by atoms with Crippen molar-refractivity contribution in [2.24, 2.45) is 11.3 Å². The van der Waals surface area contributed by atoms with Crippen LogP contribution >= 0.6 is 31.9 Å². The molecule has 1 fully saturated rings. The normalized spacial score (nSPS) is 22.0. The molecule has 20 heavy (non-hydrogen) atoms. The van der Waals surface area contributed by atoms with Gasteiger partial charge in [-0.05, 0) is 41.9 Å². The number of phenolic OH excluding ortho intramolecular Hbond substituents is 1. The Morgan fingerprint density at radius 2 is 1.80 bits per heavy atom. The van der Waals surface area contributed by atoms with Crippen LogP contribution in [0.25, 0.3) is 0 Å². The minimum atomic E-state index is -2.88. The summed E-state index contributed by atoms with van der Waals surface area (Å²) in [5.74, 6) is 0.998. The molecule has 112 valence electrons. The van der Waals surface area contributed by atoms with Crippen LogP contribution in [0.15, 0.2) is 24.3 Å². The van der Waals surface area contributed by atoms with Crippen molar-refractivity contribution in [3.8, 4) is 5.75 Å². The number of sulfone groups is 1. The van der Waals surface area contributed by atoms with E-state index in [2.05, 4.69) is 31.9 Å². The molecule has 0 bridgehead atoms. The molecule has 2 rings (SSSR count). The van der Waals surface area contributed by atoms with Gasteiger partial charge in [0.05, 0.1) is 11.5 Å². The fraction of sp³-hybridized carbons (Fsp3) is 0.571. The first-order chi connectivity index (χ1) is 9.41. The van der Waals surface area contributed by atoms with Crippen molar-refractivity contribution in [2.45, 2.75) is 12.8 Å². The van der Waals surface area contributed by atoms with Gasteiger partial charge in [0.2, 0.25) is 0 Å². The first-order valence-corrected chi connectivity index (χ1v) is 10.6. The maximum Gasteiger partial charge on any atom is 0.150 e. The SMILES string of the molecule is O=S1(=O)CCC(C(CBr)(CBr)Cc2ccc(O)cc2)C1. The Labute approximate surface area is 136 Å². The van der Waals surface area contributed by atoms with E-state index >= 15 is 0 Å². The maximum atomic E-state index is 11.8. The second kappa shape index (κ2) is 6.36. The molecule has 1 saturated heterocycles. The number of hydrogen-bond acceptors (Lipinski definition) is 3. The van der Waals surface area contributed by atoms with Crippen LogP contribution in [-0.2, 0) is 16.3 Å². The molecule has 1 aromatic carbocycles. The van der Waals surface area contributed by atoms with E-state index in [9.17, 15) is 13.5 Å². The molecule has 1 aliphatic heterocycles. The van der Waals surface area contributed by atoms with Crippen LogP contribution in [-0.4, -0.2) is 35.7 Å². The van der Waals surface area contributed by atoms with Gasteiger partial charge in [0.15, 0.2) is 9.84 Å². The quantitative estimate of drug-likeness (QED) is 0.737. The summed E-state index contributed by atoms with van der Waals surface area (Å²) in [6, 6.07) is 7.15. The summed E-state index contributed by atoms with van der Waals surface area (Å²) in [6.45, 7) is 0. The zero-order chi connectivity index (χ0) is 14.8. The summed E-state index contributed by atoms with van der Waals surface area (Å²) in [4.78, 5) is 0. The van der Waals surface area contributed by atoms with Crippen LogP contribution in [0.2, 0.25) is 0 Å². The Morgan fingerprint density at radius 3 is 2.25 bits per heavy atom. The van der Waals surface area contributed by atoms with Crippen LogP contribution in [0.3, 0.4) is 0 Å². The van der Waals surface area contributed by atoms with Crippen molar-refractivity contribution in [1.29, 1.82) is 0 Å². The molecule has 1 N–H and O–H groups in total. The molecule has 0 saturated carbocycles. The summed E-state index contributed by atoms with van der Waals surface area (Å²) in [6.07, 6.45) is 1.53. The first-order valence-electron chi connectivity index (χ1n) is 6.51. The third-order valence-electron chi connectivity index (χ3n) is 4.12. The number of phenols is 1. The minimum Gasteiger partial charge on any atom is -0.508 e. The van der Waals surface area contributed by atoms with E-state index < -0.39 is 9.84 Å². The zero-order valence-electron chi connectivity index (χ0n) is 11.1. The maximum absolute atomic E-state index is 11.8. The Bertz CT molecular complexity index is 550. The Kier molecular flexibility index (Phi) is 5.19. The molecule has 6 heteroatoms. The molecular formula is C14H18Br2O3S. The van der Waals surface area contributed by atoms with E-state index in [0.29, 0.717) is 5.75 Å². The van der Waals surface area contributed by atoms with Gasteiger partial charge in [-0.2, -0.15) is 0 Å². The highest BCUT2D eigenvalue weighted by Crippen LogP contribution is 2.42. The summed E-state index contributed by atoms with van der Waals surface area (Å²) in [7, 11) is -2.88. The van der Waals surface area contributed by atoms with E-state index in [1.165, 1.54) is 0 Å². The molecule has 1 atom stereocenters. The highest BCUT2D eigenvalue weighted by Gasteiger charge is 2.43. The third kappa shape index (κ3) is 3.57. The van der Waals surface area contributed by atoms with Crippen molar-refractivity contribution >= 4 is 41.7 Å². The van der Waals surface area contributed by atoms with Gasteiger partial charge in [0.25, 0.3) is 0 Å². The molecule has 1 aromatic rings. The van der Waals surface area contributed by atoms with Gasteiger partial charge < -0.3 is 5.11 Å². The van der Waals surface area contributed by atoms with E-state index in [1.54, 1.807) is 12.1 Å². The lowest BCUT2D eigenvalue weighted by molar-refractivity contribution is 0.253. The van der Waals surface area contributed by atoms with Gasteiger partial charge in [-0.15, -0.1) is 0 Å². The molecule has 1 aliphatic rings. The van der Waals surface area contributed by atoms with Crippen molar-refractivity contribution in [3.05, 3.63) is 29.8 Å². The standard InChI is InChI=1S/C14H18Br2O3S/c15-9-14(10-16,12-5-6-20(18,19)8-12)7-11-1-3-13(17)4-2-11/h1-4,12,17H,5-10H2. The molecule has 0 aliphatic carbocycles. The lowest BCUT2D eigenvalue weighted by atomic mass is 9.74. The van der Waals surface area contributed by atoms with Gasteiger partial charge in [-0.1, -0.05) is 44.0 Å². The van der Waals surface area contributed by atoms with Gasteiger partial charge in [0.1, 0.15) is 5.75 Å². The molecule has 1 unspecified atom stereocenters. The molecular weight excluding hydrogens is 408 g/mol. The number of hydrogen-bond donors (Lipinski definition) is 1. The van der Waals surface area contributed by atoms with Crippen molar-refractivity contribution in [1.82, 2.24) is 0 Å². The lowest BCUT2D eigenvalue weighted by Gasteiger charge is -2.36. The number of benzene rings is 1. The van der Waals surface area contributed by atoms with Crippen LogP contribution in [0, 0.1) is 11.3 Å². The summed E-state index contributed by atoms with van der Waals surface area (Å²) in [5.41, 5.74) is 1.01. The first kappa shape index (κ1) is 16.3. The largest absolute Gasteiger partial charge is 0.508 e. The minimum absolute atomic E-state index is 0.111. The summed E-state index contributed by atoms with van der Waals surface area (Å²) < 4.78 is 23.5. The zero-order valence-corrected chi connectivity index (χ0v) is 15.0. The molecule has 0 spiro atoms. The summed E-state index contributed by atoms with van der Waals surface area (Å²) >= 11 is 7.16. The highest BCUT2D eigenvalue weighted by atomic mass is 79.9. The second-order valence-corrected chi connectivity index (χ2v) is 8.92. The lowest BCUT2D eigenvalue weighted by Crippen LogP contribution is -2.37. The smallest absolute Gasteiger partial charge is 0.150 e. The van der Waals surface area contributed by atoms with Crippen LogP contribution in [0.1, 0.15) is 12.0 Å². The van der Waals surface area contributed by atoms with Crippen LogP contribution < -0.4 is 0 Å². The van der Waals surface area contributed by atoms with Gasteiger partial charge >= 0.3 is 0 Å². The Hall–Kier alpha value is -0.0700. The van der Waals surface area contributed by atoms with E-state index in [1.807, 2.05) is 12.1 Å². The average Bonchev–Trinajstić information content (AvgIpc) is 2.79. The van der Waals surface area contributed by atoms with Gasteiger partial charge in [-0.3, -0.25) is 0 Å². The van der Waals surface area contributed by atoms with Crippen LogP contribution in [0.4, 0.5) is 0 Å². The highest BCUT2D eigenvalue weighted by molar-refractivity contribution is 9.09. The molecule has 0 amide bonds. The van der Waals surface area contributed by atoms with Crippen molar-refractivity contribution < 1.29 is 13.5 Å². The number of aromatic hydroxyl groups is 1. The summed E-state index contributed by atoms with van der Waals surface area (Å²) in [5, 5.41) is 10.9. The fourth-order valence-corrected chi connectivity index (χ4v) is 6.98. The van der Waals surface area contributed by atoms with Crippen LogP contribution in [0.5, 0.6) is 5.75 Å². The fourth-order valence-electron chi connectivity index (χ4n) is 2.79. The van der Waals surface area contributed by atoms with E-state index in [4.69, 9.17) is 0 Å². The number of alkyl halides is 2. The van der Waals surface area contributed by atoms with Crippen molar-refractivity contribution in [3.63, 3.8) is 0 Å². The topological polar surface area (TPSA) is 54.4 Å². The third-order valence-corrected chi connectivity index (χ3v) is 8.12. The predicted octanol–water partition coefficient (Wildman–Crippen LogP) is 3.15. The monoisotopic (exact) mass is 424 g/mol. The second-order valence-electron chi connectivity index (χ2n) is 5.57. The van der Waals surface area contributed by atoms with Crippen molar-refractivity contribution in [2.75, 3.05) is 22.2 Å². The van der Waals surface area contributed by atoms with Gasteiger partial charge in [0, 0.05) is 10.7 Å². The molecule has 1 heterocycles. The molecule has 0 aromatic heterocycles. The van der Waals surface area contributed by atoms with Gasteiger partial charge in [-0.25, -0.2) is 8.42 Å². The van der Waals surface area contributed by atoms with E-state index in [0.717, 1.165) is 29.1 Å². The van der Waals surface area contributed by atoms with E-state index in [-0.39, 0.29) is 22.8 Å². The predicted molar refractivity (Wildman–Crippen MR) is 88.6 cm³/mol. The molecule has 0 radical (unpaired) electrons. The number of halogens is 2. The Morgan fingerprint density at radius 1 is 1.20 bits per heavy atom. The average molecular weight is 426 g/mol. The Balaban J connectivity index is 2.23. The molecule has 3 nitrogen and oxygen atoms in total.